The number of carbonyl (C=O) groups excluding carboxylic acids is 1. The third-order valence-electron chi connectivity index (χ3n) is 6.18. The Morgan fingerprint density at radius 2 is 2.11 bits per heavy atom. The van der Waals surface area contributed by atoms with Gasteiger partial charge in [-0.15, -0.1) is 11.3 Å². The summed E-state index contributed by atoms with van der Waals surface area (Å²) in [5, 5.41) is 29.4. The van der Waals surface area contributed by atoms with E-state index >= 15 is 0 Å². The monoisotopic (exact) mass is 526 g/mol. The van der Waals surface area contributed by atoms with Crippen molar-refractivity contribution in [1.82, 2.24) is 10.3 Å². The van der Waals surface area contributed by atoms with E-state index in [-0.39, 0.29) is 42.3 Å². The average molecular weight is 527 g/mol. The smallest absolute Gasteiger partial charge is 0.287 e. The van der Waals surface area contributed by atoms with Gasteiger partial charge >= 0.3 is 0 Å². The van der Waals surface area contributed by atoms with Crippen LogP contribution in [0.15, 0.2) is 59.8 Å². The predicted molar refractivity (Wildman–Crippen MR) is 141 cm³/mol. The van der Waals surface area contributed by atoms with Gasteiger partial charge in [0.25, 0.3) is 11.6 Å². The first-order chi connectivity index (χ1) is 18.0. The molecule has 0 bridgehead atoms. The summed E-state index contributed by atoms with van der Waals surface area (Å²) in [6.07, 6.45) is 3.72. The summed E-state index contributed by atoms with van der Waals surface area (Å²) in [4.78, 5) is 27.3. The second-order valence-corrected chi connectivity index (χ2v) is 9.47. The molecule has 196 valence electrons. The number of rotatable bonds is 12. The lowest BCUT2D eigenvalue weighted by molar-refractivity contribution is -0.385. The molecule has 37 heavy (non-hydrogen) atoms. The largest absolute Gasteiger partial charge is 0.459 e. The van der Waals surface area contributed by atoms with Crippen LogP contribution in [0.5, 0.6) is 0 Å². The van der Waals surface area contributed by atoms with E-state index < -0.39 is 11.2 Å². The first-order valence-electron chi connectivity index (χ1n) is 12.2. The predicted octanol–water partition coefficient (Wildman–Crippen LogP) is 4.18. The number of aliphatic hydroxyl groups is 1. The maximum absolute atomic E-state index is 13.1. The van der Waals surface area contributed by atoms with Gasteiger partial charge in [-0.1, -0.05) is 18.2 Å². The van der Waals surface area contributed by atoms with Gasteiger partial charge in [-0.3, -0.25) is 14.9 Å². The number of thiophene rings is 1. The molecule has 4 rings (SSSR count). The van der Waals surface area contributed by atoms with Gasteiger partial charge in [-0.05, 0) is 54.3 Å². The first-order valence-corrected chi connectivity index (χ1v) is 13.1. The lowest BCUT2D eigenvalue weighted by Crippen LogP contribution is -2.39. The fraction of sp³-hybridized carbons (Fsp3) is 0.385. The molecule has 1 amide bonds. The molecule has 0 aliphatic carbocycles. The molecule has 11 heteroatoms. The molecule has 0 fully saturated rings. The highest BCUT2D eigenvalue weighted by atomic mass is 32.1. The molecule has 1 aromatic carbocycles. The molecular formula is C26H30N4O6S. The van der Waals surface area contributed by atoms with Crippen LogP contribution in [-0.2, 0) is 14.3 Å². The Morgan fingerprint density at radius 1 is 1.27 bits per heavy atom. The third kappa shape index (κ3) is 6.43. The molecule has 0 unspecified atom stereocenters. The lowest BCUT2D eigenvalue weighted by Gasteiger charge is -2.36. The third-order valence-corrected chi connectivity index (χ3v) is 7.16. The number of carbonyl (C=O) groups is 1. The molecule has 0 spiro atoms. The van der Waals surface area contributed by atoms with Crippen molar-refractivity contribution >= 4 is 38.8 Å². The van der Waals surface area contributed by atoms with E-state index in [2.05, 4.69) is 33.1 Å². The van der Waals surface area contributed by atoms with Gasteiger partial charge in [-0.25, -0.2) is 4.98 Å². The Hall–Kier alpha value is -3.54. The minimum absolute atomic E-state index is 0.0588. The summed E-state index contributed by atoms with van der Waals surface area (Å²) in [6, 6.07) is 11.1. The highest BCUT2D eigenvalue weighted by Gasteiger charge is 2.38. The number of aliphatic hydroxyl groups excluding tert-OH is 1. The van der Waals surface area contributed by atoms with Gasteiger partial charge < -0.3 is 25.2 Å². The zero-order valence-electron chi connectivity index (χ0n) is 20.5. The quantitative estimate of drug-likeness (QED) is 0.182. The number of aromatic nitrogens is 1. The van der Waals surface area contributed by atoms with Crippen molar-refractivity contribution < 1.29 is 24.3 Å². The average Bonchev–Trinajstić information content (AvgIpc) is 3.34. The van der Waals surface area contributed by atoms with Crippen molar-refractivity contribution in [2.45, 2.75) is 32.0 Å². The van der Waals surface area contributed by atoms with Gasteiger partial charge in [0, 0.05) is 48.9 Å². The van der Waals surface area contributed by atoms with E-state index in [0.717, 1.165) is 10.9 Å². The van der Waals surface area contributed by atoms with Crippen molar-refractivity contribution in [2.24, 2.45) is 5.92 Å². The number of nitrogens with one attached hydrogen (secondary N) is 2. The highest BCUT2D eigenvalue weighted by molar-refractivity contribution is 7.17. The Bertz CT molecular complexity index is 1250. The molecule has 0 saturated carbocycles. The fourth-order valence-corrected chi connectivity index (χ4v) is 5.44. The second-order valence-electron chi connectivity index (χ2n) is 8.56. The van der Waals surface area contributed by atoms with Crippen LogP contribution < -0.4 is 10.6 Å². The van der Waals surface area contributed by atoms with E-state index in [1.807, 2.05) is 25.1 Å². The number of benzene rings is 1. The SMILES string of the molecule is CCO[C@@H]1OC(C(=O)NCCNc2ccc([N+](=O)[O-])cn2)=C[C@H](c2csc3ccccc23)[C@H]1CCCO. The molecule has 1 aliphatic rings. The lowest BCUT2D eigenvalue weighted by atomic mass is 9.80. The maximum atomic E-state index is 13.1. The van der Waals surface area contributed by atoms with Gasteiger partial charge in [-0.2, -0.15) is 0 Å². The number of hydrogen-bond donors (Lipinski definition) is 3. The van der Waals surface area contributed by atoms with Crippen LogP contribution in [0.3, 0.4) is 0 Å². The number of fused-ring (bicyclic) bond motifs is 1. The minimum atomic E-state index is -0.617. The summed E-state index contributed by atoms with van der Waals surface area (Å²) in [5.74, 6) is 0.147. The van der Waals surface area contributed by atoms with Crippen molar-refractivity contribution in [1.29, 1.82) is 0 Å². The highest BCUT2D eigenvalue weighted by Crippen LogP contribution is 2.43. The van der Waals surface area contributed by atoms with E-state index in [4.69, 9.17) is 9.47 Å². The summed E-state index contributed by atoms with van der Waals surface area (Å²) >= 11 is 1.66. The zero-order chi connectivity index (χ0) is 26.2. The van der Waals surface area contributed by atoms with Gasteiger partial charge in [0.15, 0.2) is 5.76 Å². The van der Waals surface area contributed by atoms with Crippen molar-refractivity contribution in [2.75, 3.05) is 31.6 Å². The summed E-state index contributed by atoms with van der Waals surface area (Å²) in [6.45, 7) is 3.05. The van der Waals surface area contributed by atoms with E-state index in [9.17, 15) is 20.0 Å². The van der Waals surface area contributed by atoms with Gasteiger partial charge in [0.05, 0.1) is 4.92 Å². The molecule has 0 saturated heterocycles. The van der Waals surface area contributed by atoms with Crippen LogP contribution in [0.1, 0.15) is 31.2 Å². The molecule has 1 aliphatic heterocycles. The summed E-state index contributed by atoms with van der Waals surface area (Å²) < 4.78 is 13.1. The van der Waals surface area contributed by atoms with Crippen LogP contribution in [0.2, 0.25) is 0 Å². The molecular weight excluding hydrogens is 496 g/mol. The van der Waals surface area contributed by atoms with Crippen LogP contribution >= 0.6 is 11.3 Å². The van der Waals surface area contributed by atoms with E-state index in [1.54, 1.807) is 11.3 Å². The van der Waals surface area contributed by atoms with E-state index in [0.29, 0.717) is 31.8 Å². The molecule has 3 heterocycles. The molecule has 3 atom stereocenters. The van der Waals surface area contributed by atoms with Crippen LogP contribution in [0.25, 0.3) is 10.1 Å². The standard InChI is InChI=1S/C26H30N4O6S/c1-2-35-26-19(7-5-13-31)20(21-16-37-23-8-4-3-6-18(21)23)14-22(36-26)25(32)28-12-11-27-24-10-9-17(15-29-24)30(33)34/h3-4,6,8-10,14-16,19-20,26,31H,2,5,7,11-13H2,1H3,(H,27,29)(H,28,32)/t19-,20+,26-/m1/s1. The van der Waals surface area contributed by atoms with Crippen molar-refractivity contribution in [3.8, 4) is 0 Å². The van der Waals surface area contributed by atoms with Gasteiger partial charge in [0.1, 0.15) is 12.0 Å². The Labute approximate surface area is 218 Å². The molecule has 0 radical (unpaired) electrons. The normalized spacial score (nSPS) is 19.2. The number of hydrogen-bond acceptors (Lipinski definition) is 9. The molecule has 3 N–H and O–H groups in total. The van der Waals surface area contributed by atoms with E-state index in [1.165, 1.54) is 23.0 Å². The Kier molecular flexibility index (Phi) is 9.04. The number of amides is 1. The van der Waals surface area contributed by atoms with Crippen LogP contribution in [0, 0.1) is 16.0 Å². The zero-order valence-corrected chi connectivity index (χ0v) is 21.3. The van der Waals surface area contributed by atoms with Crippen molar-refractivity contribution in [3.05, 3.63) is 75.5 Å². The number of nitro groups is 1. The molecule has 3 aromatic rings. The number of ether oxygens (including phenoxy) is 2. The van der Waals surface area contributed by atoms with Crippen molar-refractivity contribution in [3.63, 3.8) is 0 Å². The summed E-state index contributed by atoms with van der Waals surface area (Å²) in [7, 11) is 0. The number of anilines is 1. The fourth-order valence-electron chi connectivity index (χ4n) is 4.43. The topological polar surface area (TPSA) is 136 Å². The van der Waals surface area contributed by atoms with Crippen LogP contribution in [0.4, 0.5) is 11.5 Å². The Morgan fingerprint density at radius 3 is 2.84 bits per heavy atom. The summed E-state index contributed by atoms with van der Waals surface area (Å²) in [5.41, 5.74) is 1.03. The van der Waals surface area contributed by atoms with Gasteiger partial charge in [0.2, 0.25) is 6.29 Å². The first kappa shape index (κ1) is 26.5. The second kappa shape index (κ2) is 12.6. The molecule has 2 aromatic heterocycles. The Balaban J connectivity index is 1.48. The number of nitrogens with zero attached hydrogens (tertiary/aromatic N) is 2. The maximum Gasteiger partial charge on any atom is 0.287 e. The van der Waals surface area contributed by atoms with Crippen LogP contribution in [-0.4, -0.2) is 53.5 Å². The molecule has 10 nitrogen and oxygen atoms in total. The number of allylic oxidation sites excluding steroid dienone is 1. The minimum Gasteiger partial charge on any atom is -0.459 e. The number of pyridine rings is 1.